The molecule has 1 aliphatic heterocycles. The molecule has 21 heavy (non-hydrogen) atoms. The topological polar surface area (TPSA) is 46.5 Å². The lowest BCUT2D eigenvalue weighted by molar-refractivity contribution is -0.137. The summed E-state index contributed by atoms with van der Waals surface area (Å²) in [5.41, 5.74) is 0. The fourth-order valence-corrected chi connectivity index (χ4v) is 3.08. The normalized spacial score (nSPS) is 21.2. The SMILES string of the molecule is CCCCCCCC1CC(CCCCCCCC(=O)O)O1. The largest absolute Gasteiger partial charge is 0.481 e. The highest BCUT2D eigenvalue weighted by atomic mass is 16.5. The van der Waals surface area contributed by atoms with E-state index >= 15 is 0 Å². The van der Waals surface area contributed by atoms with Gasteiger partial charge in [-0.2, -0.15) is 0 Å². The summed E-state index contributed by atoms with van der Waals surface area (Å²) in [6.45, 7) is 2.26. The average Bonchev–Trinajstić information content (AvgIpc) is 2.41. The van der Waals surface area contributed by atoms with E-state index in [-0.39, 0.29) is 0 Å². The van der Waals surface area contributed by atoms with Crippen LogP contribution in [0.5, 0.6) is 0 Å². The lowest BCUT2D eigenvalue weighted by atomic mass is 9.95. The standard InChI is InChI=1S/C18H34O3/c1-2-3-4-6-9-12-16-15-17(21-16)13-10-7-5-8-11-14-18(19)20/h16-17H,2-15H2,1H3,(H,19,20). The van der Waals surface area contributed by atoms with Crippen LogP contribution in [0.25, 0.3) is 0 Å². The maximum Gasteiger partial charge on any atom is 0.303 e. The Morgan fingerprint density at radius 1 is 0.905 bits per heavy atom. The molecule has 1 rings (SSSR count). The third kappa shape index (κ3) is 9.89. The Kier molecular flexibility index (Phi) is 10.6. The van der Waals surface area contributed by atoms with Crippen LogP contribution < -0.4 is 0 Å². The number of unbranched alkanes of at least 4 members (excludes halogenated alkanes) is 8. The fraction of sp³-hybridized carbons (Fsp3) is 0.944. The fourth-order valence-electron chi connectivity index (χ4n) is 3.08. The van der Waals surface area contributed by atoms with E-state index in [9.17, 15) is 4.79 Å². The molecular weight excluding hydrogens is 264 g/mol. The molecule has 0 bridgehead atoms. The van der Waals surface area contributed by atoms with Crippen LogP contribution >= 0.6 is 0 Å². The summed E-state index contributed by atoms with van der Waals surface area (Å²) >= 11 is 0. The molecule has 0 spiro atoms. The smallest absolute Gasteiger partial charge is 0.303 e. The van der Waals surface area contributed by atoms with Gasteiger partial charge in [-0.3, -0.25) is 4.79 Å². The Labute approximate surface area is 130 Å². The third-order valence-corrected chi connectivity index (χ3v) is 4.46. The van der Waals surface area contributed by atoms with Gasteiger partial charge in [-0.15, -0.1) is 0 Å². The van der Waals surface area contributed by atoms with Crippen molar-refractivity contribution in [1.82, 2.24) is 0 Å². The van der Waals surface area contributed by atoms with Crippen molar-refractivity contribution in [1.29, 1.82) is 0 Å². The molecule has 0 aliphatic carbocycles. The molecule has 3 heteroatoms. The molecule has 0 aromatic carbocycles. The maximum absolute atomic E-state index is 10.4. The molecule has 1 fully saturated rings. The van der Waals surface area contributed by atoms with Gasteiger partial charge in [-0.1, -0.05) is 64.7 Å². The van der Waals surface area contributed by atoms with E-state index in [0.717, 1.165) is 12.8 Å². The van der Waals surface area contributed by atoms with Crippen molar-refractivity contribution in [2.24, 2.45) is 0 Å². The second kappa shape index (κ2) is 12.0. The molecule has 1 saturated heterocycles. The third-order valence-electron chi connectivity index (χ3n) is 4.46. The van der Waals surface area contributed by atoms with Gasteiger partial charge < -0.3 is 9.84 Å². The van der Waals surface area contributed by atoms with Crippen LogP contribution in [-0.2, 0) is 9.53 Å². The molecule has 2 unspecified atom stereocenters. The number of ether oxygens (including phenoxy) is 1. The molecule has 0 amide bonds. The summed E-state index contributed by atoms with van der Waals surface area (Å²) < 4.78 is 5.93. The first-order valence-electron chi connectivity index (χ1n) is 9.09. The van der Waals surface area contributed by atoms with Gasteiger partial charge in [0.25, 0.3) is 0 Å². The van der Waals surface area contributed by atoms with Crippen LogP contribution in [0.1, 0.15) is 96.8 Å². The highest BCUT2D eigenvalue weighted by molar-refractivity contribution is 5.66. The van der Waals surface area contributed by atoms with Crippen molar-refractivity contribution in [2.75, 3.05) is 0 Å². The number of hydrogen-bond acceptors (Lipinski definition) is 2. The first-order valence-corrected chi connectivity index (χ1v) is 9.09. The predicted molar refractivity (Wildman–Crippen MR) is 86.6 cm³/mol. The zero-order valence-electron chi connectivity index (χ0n) is 13.8. The van der Waals surface area contributed by atoms with E-state index in [1.165, 1.54) is 70.6 Å². The lowest BCUT2D eigenvalue weighted by Crippen LogP contribution is -2.37. The van der Waals surface area contributed by atoms with E-state index in [4.69, 9.17) is 9.84 Å². The molecule has 0 aromatic rings. The van der Waals surface area contributed by atoms with Gasteiger partial charge in [0.05, 0.1) is 12.2 Å². The summed E-state index contributed by atoms with van der Waals surface area (Å²) in [6.07, 6.45) is 17.4. The summed E-state index contributed by atoms with van der Waals surface area (Å²) in [7, 11) is 0. The highest BCUT2D eigenvalue weighted by Crippen LogP contribution is 2.29. The van der Waals surface area contributed by atoms with Gasteiger partial charge in [0.2, 0.25) is 0 Å². The van der Waals surface area contributed by atoms with Gasteiger partial charge >= 0.3 is 5.97 Å². The Morgan fingerprint density at radius 3 is 1.90 bits per heavy atom. The van der Waals surface area contributed by atoms with Crippen LogP contribution in [0.15, 0.2) is 0 Å². The number of rotatable bonds is 14. The van der Waals surface area contributed by atoms with Gasteiger partial charge in [0.15, 0.2) is 0 Å². The van der Waals surface area contributed by atoms with Crippen LogP contribution in [0, 0.1) is 0 Å². The molecule has 2 atom stereocenters. The molecule has 124 valence electrons. The Bertz CT molecular complexity index is 259. The monoisotopic (exact) mass is 298 g/mol. The number of aliphatic carboxylic acids is 1. The Hall–Kier alpha value is -0.570. The molecule has 1 heterocycles. The van der Waals surface area contributed by atoms with E-state index in [2.05, 4.69) is 6.92 Å². The molecular formula is C18H34O3. The Balaban J connectivity index is 1.78. The van der Waals surface area contributed by atoms with Gasteiger partial charge in [0, 0.05) is 6.42 Å². The molecule has 3 nitrogen and oxygen atoms in total. The number of carbonyl (C=O) groups is 1. The van der Waals surface area contributed by atoms with Crippen molar-refractivity contribution in [2.45, 2.75) is 109 Å². The molecule has 1 aliphatic rings. The van der Waals surface area contributed by atoms with Gasteiger partial charge in [-0.05, 0) is 25.7 Å². The quantitative estimate of drug-likeness (QED) is 0.441. The minimum Gasteiger partial charge on any atom is -0.481 e. The van der Waals surface area contributed by atoms with E-state index < -0.39 is 5.97 Å². The zero-order chi connectivity index (χ0) is 15.3. The molecule has 0 saturated carbocycles. The van der Waals surface area contributed by atoms with Crippen LogP contribution in [0.3, 0.4) is 0 Å². The summed E-state index contributed by atoms with van der Waals surface area (Å²) in [5, 5.41) is 8.54. The van der Waals surface area contributed by atoms with Crippen molar-refractivity contribution in [3.05, 3.63) is 0 Å². The zero-order valence-corrected chi connectivity index (χ0v) is 13.8. The number of hydrogen-bond donors (Lipinski definition) is 1. The summed E-state index contributed by atoms with van der Waals surface area (Å²) in [5.74, 6) is -0.668. The molecule has 1 N–H and O–H groups in total. The van der Waals surface area contributed by atoms with E-state index in [1.54, 1.807) is 0 Å². The first-order chi connectivity index (χ1) is 10.2. The summed E-state index contributed by atoms with van der Waals surface area (Å²) in [4.78, 5) is 10.4. The minimum absolute atomic E-state index is 0.325. The van der Waals surface area contributed by atoms with Crippen LogP contribution in [0.4, 0.5) is 0 Å². The van der Waals surface area contributed by atoms with Crippen molar-refractivity contribution >= 4 is 5.97 Å². The van der Waals surface area contributed by atoms with Gasteiger partial charge in [-0.25, -0.2) is 0 Å². The second-order valence-electron chi connectivity index (χ2n) is 6.52. The second-order valence-corrected chi connectivity index (χ2v) is 6.52. The van der Waals surface area contributed by atoms with Crippen LogP contribution in [-0.4, -0.2) is 23.3 Å². The highest BCUT2D eigenvalue weighted by Gasteiger charge is 2.28. The van der Waals surface area contributed by atoms with E-state index in [1.807, 2.05) is 0 Å². The van der Waals surface area contributed by atoms with Crippen molar-refractivity contribution in [3.8, 4) is 0 Å². The first kappa shape index (κ1) is 18.5. The molecule has 0 aromatic heterocycles. The lowest BCUT2D eigenvalue weighted by Gasteiger charge is -2.36. The van der Waals surface area contributed by atoms with Crippen molar-refractivity contribution < 1.29 is 14.6 Å². The number of carboxylic acid groups (broad SMARTS) is 1. The molecule has 0 radical (unpaired) electrons. The van der Waals surface area contributed by atoms with Gasteiger partial charge in [0.1, 0.15) is 0 Å². The predicted octanol–water partition coefficient (Wildman–Crippen LogP) is 5.32. The summed E-state index contributed by atoms with van der Waals surface area (Å²) in [6, 6.07) is 0. The Morgan fingerprint density at radius 2 is 1.38 bits per heavy atom. The van der Waals surface area contributed by atoms with E-state index in [0.29, 0.717) is 18.6 Å². The van der Waals surface area contributed by atoms with Crippen molar-refractivity contribution in [3.63, 3.8) is 0 Å². The minimum atomic E-state index is -0.668. The number of carboxylic acids is 1. The maximum atomic E-state index is 10.4. The average molecular weight is 298 g/mol. The van der Waals surface area contributed by atoms with Crippen LogP contribution in [0.2, 0.25) is 0 Å².